The Morgan fingerprint density at radius 2 is 1.65 bits per heavy atom. The molecule has 17 heavy (non-hydrogen) atoms. The van der Waals surface area contributed by atoms with Gasteiger partial charge in [0.2, 0.25) is 0 Å². The van der Waals surface area contributed by atoms with Gasteiger partial charge in [0.15, 0.2) is 0 Å². The minimum absolute atomic E-state index is 0.571. The maximum atomic E-state index is 4.34. The standard InChI is InChI=1S/C12H19N3.C2H6/c1-10(2)15-8-4-11(5-9-15)12-13-6-3-7-14-12;1-2/h3,6-7,10-11H,4-5,8-9H2,1-2H3;1-2H3. The van der Waals surface area contributed by atoms with Gasteiger partial charge in [-0.15, -0.1) is 0 Å². The van der Waals surface area contributed by atoms with Crippen LogP contribution >= 0.6 is 0 Å². The molecule has 0 radical (unpaired) electrons. The summed E-state index contributed by atoms with van der Waals surface area (Å²) in [6.45, 7) is 10.9. The number of likely N-dealkylation sites (tertiary alicyclic amines) is 1. The molecule has 1 aliphatic rings. The zero-order valence-corrected chi connectivity index (χ0v) is 11.6. The second kappa shape index (κ2) is 7.38. The molecule has 0 bridgehead atoms. The van der Waals surface area contributed by atoms with E-state index in [9.17, 15) is 0 Å². The van der Waals surface area contributed by atoms with Crippen molar-refractivity contribution in [1.29, 1.82) is 0 Å². The van der Waals surface area contributed by atoms with Crippen molar-refractivity contribution in [3.05, 3.63) is 24.3 Å². The fourth-order valence-electron chi connectivity index (χ4n) is 2.20. The zero-order chi connectivity index (χ0) is 12.7. The van der Waals surface area contributed by atoms with E-state index < -0.39 is 0 Å². The van der Waals surface area contributed by atoms with Crippen molar-refractivity contribution in [2.75, 3.05) is 13.1 Å². The van der Waals surface area contributed by atoms with E-state index in [4.69, 9.17) is 0 Å². The van der Waals surface area contributed by atoms with Gasteiger partial charge in [-0.2, -0.15) is 0 Å². The van der Waals surface area contributed by atoms with Crippen molar-refractivity contribution in [3.63, 3.8) is 0 Å². The summed E-state index contributed by atoms with van der Waals surface area (Å²) in [5.41, 5.74) is 0. The number of piperidine rings is 1. The van der Waals surface area contributed by atoms with E-state index in [1.54, 1.807) is 0 Å². The van der Waals surface area contributed by atoms with Gasteiger partial charge in [0.05, 0.1) is 0 Å². The van der Waals surface area contributed by atoms with Gasteiger partial charge in [-0.05, 0) is 45.8 Å². The maximum absolute atomic E-state index is 4.34. The monoisotopic (exact) mass is 235 g/mol. The Bertz CT molecular complexity index is 290. The van der Waals surface area contributed by atoms with Crippen LogP contribution in [0.3, 0.4) is 0 Å². The van der Waals surface area contributed by atoms with E-state index in [1.807, 2.05) is 32.3 Å². The van der Waals surface area contributed by atoms with Gasteiger partial charge in [-0.25, -0.2) is 9.97 Å². The summed E-state index contributed by atoms with van der Waals surface area (Å²) < 4.78 is 0. The number of nitrogens with zero attached hydrogens (tertiary/aromatic N) is 3. The number of hydrogen-bond acceptors (Lipinski definition) is 3. The molecule has 1 aromatic heterocycles. The smallest absolute Gasteiger partial charge is 0.131 e. The summed E-state index contributed by atoms with van der Waals surface area (Å²) in [4.78, 5) is 11.2. The van der Waals surface area contributed by atoms with Crippen LogP contribution in [0.4, 0.5) is 0 Å². The molecular weight excluding hydrogens is 210 g/mol. The lowest BCUT2D eigenvalue weighted by atomic mass is 9.95. The minimum atomic E-state index is 0.571. The van der Waals surface area contributed by atoms with Crippen molar-refractivity contribution in [1.82, 2.24) is 14.9 Å². The summed E-state index contributed by atoms with van der Waals surface area (Å²) >= 11 is 0. The molecule has 2 rings (SSSR count). The first-order valence-corrected chi connectivity index (χ1v) is 6.78. The van der Waals surface area contributed by atoms with E-state index in [2.05, 4.69) is 28.7 Å². The van der Waals surface area contributed by atoms with Crippen LogP contribution in [0.2, 0.25) is 0 Å². The van der Waals surface area contributed by atoms with Crippen molar-refractivity contribution < 1.29 is 0 Å². The van der Waals surface area contributed by atoms with Gasteiger partial charge in [0, 0.05) is 24.4 Å². The normalized spacial score (nSPS) is 17.7. The molecule has 96 valence electrons. The molecule has 1 aliphatic heterocycles. The van der Waals surface area contributed by atoms with E-state index >= 15 is 0 Å². The number of rotatable bonds is 2. The Labute approximate surface area is 105 Å². The molecule has 2 heterocycles. The maximum Gasteiger partial charge on any atom is 0.131 e. The third-order valence-electron chi connectivity index (χ3n) is 3.21. The third kappa shape index (κ3) is 4.08. The predicted molar refractivity (Wildman–Crippen MR) is 72.1 cm³/mol. The Morgan fingerprint density at radius 3 is 2.12 bits per heavy atom. The molecule has 0 saturated carbocycles. The van der Waals surface area contributed by atoms with Crippen LogP contribution in [0.25, 0.3) is 0 Å². The molecule has 3 heteroatoms. The lowest BCUT2D eigenvalue weighted by Crippen LogP contribution is -2.38. The molecular formula is C14H25N3. The van der Waals surface area contributed by atoms with E-state index in [1.165, 1.54) is 25.9 Å². The molecule has 0 aliphatic carbocycles. The van der Waals surface area contributed by atoms with Crippen LogP contribution in [0.5, 0.6) is 0 Å². The van der Waals surface area contributed by atoms with Crippen LogP contribution in [-0.4, -0.2) is 34.0 Å². The first-order chi connectivity index (χ1) is 8.27. The molecule has 3 nitrogen and oxygen atoms in total. The first kappa shape index (κ1) is 14.1. The van der Waals surface area contributed by atoms with E-state index in [0.29, 0.717) is 12.0 Å². The fourth-order valence-corrected chi connectivity index (χ4v) is 2.20. The molecule has 0 aromatic carbocycles. The molecule has 0 amide bonds. The highest BCUT2D eigenvalue weighted by Crippen LogP contribution is 2.25. The lowest BCUT2D eigenvalue weighted by molar-refractivity contribution is 0.169. The van der Waals surface area contributed by atoms with Gasteiger partial charge in [0.25, 0.3) is 0 Å². The topological polar surface area (TPSA) is 29.0 Å². The van der Waals surface area contributed by atoms with Crippen molar-refractivity contribution >= 4 is 0 Å². The predicted octanol–water partition coefficient (Wildman–Crippen LogP) is 3.09. The largest absolute Gasteiger partial charge is 0.301 e. The van der Waals surface area contributed by atoms with Gasteiger partial charge in [-0.1, -0.05) is 13.8 Å². The second-order valence-corrected chi connectivity index (χ2v) is 4.51. The Hall–Kier alpha value is -0.960. The van der Waals surface area contributed by atoms with Crippen LogP contribution < -0.4 is 0 Å². The highest BCUT2D eigenvalue weighted by atomic mass is 15.1. The van der Waals surface area contributed by atoms with Crippen molar-refractivity contribution in [2.24, 2.45) is 0 Å². The van der Waals surface area contributed by atoms with Gasteiger partial charge in [0.1, 0.15) is 5.82 Å². The van der Waals surface area contributed by atoms with Crippen LogP contribution in [0.15, 0.2) is 18.5 Å². The fraction of sp³-hybridized carbons (Fsp3) is 0.714. The SMILES string of the molecule is CC.CC(C)N1CCC(c2ncccn2)CC1. The summed E-state index contributed by atoms with van der Waals surface area (Å²) in [6.07, 6.45) is 6.08. The lowest BCUT2D eigenvalue weighted by Gasteiger charge is -2.33. The molecule has 1 aromatic rings. The first-order valence-electron chi connectivity index (χ1n) is 6.78. The van der Waals surface area contributed by atoms with E-state index in [-0.39, 0.29) is 0 Å². The molecule has 0 atom stereocenters. The minimum Gasteiger partial charge on any atom is -0.301 e. The summed E-state index contributed by atoms with van der Waals surface area (Å²) in [7, 11) is 0. The quantitative estimate of drug-likeness (QED) is 0.789. The van der Waals surface area contributed by atoms with E-state index in [0.717, 1.165) is 5.82 Å². The average molecular weight is 235 g/mol. The third-order valence-corrected chi connectivity index (χ3v) is 3.21. The molecule has 1 saturated heterocycles. The highest BCUT2D eigenvalue weighted by Gasteiger charge is 2.23. The number of aromatic nitrogens is 2. The van der Waals surface area contributed by atoms with Gasteiger partial charge >= 0.3 is 0 Å². The van der Waals surface area contributed by atoms with Gasteiger partial charge in [-0.3, -0.25) is 0 Å². The second-order valence-electron chi connectivity index (χ2n) is 4.51. The average Bonchev–Trinajstić information content (AvgIpc) is 2.42. The van der Waals surface area contributed by atoms with Crippen molar-refractivity contribution in [2.45, 2.75) is 52.5 Å². The molecule has 0 unspecified atom stereocenters. The highest BCUT2D eigenvalue weighted by molar-refractivity contribution is 4.99. The zero-order valence-electron chi connectivity index (χ0n) is 11.6. The Balaban J connectivity index is 0.000000686. The van der Waals surface area contributed by atoms with Crippen LogP contribution in [0, 0.1) is 0 Å². The molecule has 1 fully saturated rings. The summed E-state index contributed by atoms with van der Waals surface area (Å²) in [5, 5.41) is 0. The summed E-state index contributed by atoms with van der Waals surface area (Å²) in [5.74, 6) is 1.60. The Morgan fingerprint density at radius 1 is 1.12 bits per heavy atom. The van der Waals surface area contributed by atoms with Crippen LogP contribution in [-0.2, 0) is 0 Å². The number of hydrogen-bond donors (Lipinski definition) is 0. The Kier molecular flexibility index (Phi) is 6.12. The molecule has 0 N–H and O–H groups in total. The molecule has 0 spiro atoms. The summed E-state index contributed by atoms with van der Waals surface area (Å²) in [6, 6.07) is 2.55. The van der Waals surface area contributed by atoms with Crippen LogP contribution in [0.1, 0.15) is 52.3 Å². The van der Waals surface area contributed by atoms with Gasteiger partial charge < -0.3 is 4.90 Å². The van der Waals surface area contributed by atoms with Crippen molar-refractivity contribution in [3.8, 4) is 0 Å².